The molecule has 2 aromatic heterocycles. The highest BCUT2D eigenvalue weighted by Crippen LogP contribution is 2.31. The minimum Gasteiger partial charge on any atom is -0.356 e. The zero-order valence-corrected chi connectivity index (χ0v) is 14.9. The molecule has 1 N–H and O–H groups in total. The smallest absolute Gasteiger partial charge is 0.254 e. The highest BCUT2D eigenvalue weighted by Gasteiger charge is 2.26. The molecule has 0 saturated carbocycles. The molecule has 9 heteroatoms. The van der Waals surface area contributed by atoms with E-state index in [9.17, 15) is 14.0 Å². The molecule has 1 aromatic carbocycles. The summed E-state index contributed by atoms with van der Waals surface area (Å²) in [5.74, 6) is 0.624. The van der Waals surface area contributed by atoms with Crippen molar-refractivity contribution in [2.24, 2.45) is 0 Å². The second-order valence-corrected chi connectivity index (χ2v) is 7.06. The zero-order chi connectivity index (χ0) is 18.8. The van der Waals surface area contributed by atoms with Gasteiger partial charge in [0.25, 0.3) is 5.56 Å². The summed E-state index contributed by atoms with van der Waals surface area (Å²) in [6.07, 6.45) is 1.67. The fraction of sp³-hybridized carbons (Fsp3) is 0.222. The van der Waals surface area contributed by atoms with Gasteiger partial charge in [-0.1, -0.05) is 16.9 Å². The molecule has 0 bridgehead atoms. The van der Waals surface area contributed by atoms with E-state index in [0.717, 1.165) is 0 Å². The Balaban J connectivity index is 1.36. The van der Waals surface area contributed by atoms with Crippen LogP contribution in [0.25, 0.3) is 11.3 Å². The average Bonchev–Trinajstić information content (AvgIpc) is 3.29. The van der Waals surface area contributed by atoms with Crippen LogP contribution in [0.1, 0.15) is 18.2 Å². The third-order valence-corrected chi connectivity index (χ3v) is 5.30. The number of nitrogens with one attached hydrogen (secondary N) is 1. The van der Waals surface area contributed by atoms with Crippen molar-refractivity contribution >= 4 is 17.7 Å². The van der Waals surface area contributed by atoms with E-state index < -0.39 is 0 Å². The fourth-order valence-electron chi connectivity index (χ4n) is 2.86. The minimum absolute atomic E-state index is 0.150. The summed E-state index contributed by atoms with van der Waals surface area (Å²) < 4.78 is 19.8. The van der Waals surface area contributed by atoms with Crippen LogP contribution in [0, 0.1) is 5.82 Å². The highest BCUT2D eigenvalue weighted by molar-refractivity contribution is 7.99. The van der Waals surface area contributed by atoms with E-state index in [1.54, 1.807) is 22.8 Å². The van der Waals surface area contributed by atoms with Gasteiger partial charge in [0.2, 0.25) is 5.91 Å². The molecule has 0 radical (unpaired) electrons. The summed E-state index contributed by atoms with van der Waals surface area (Å²) in [5, 5.41) is 7.34. The summed E-state index contributed by atoms with van der Waals surface area (Å²) in [6.45, 7) is 0.207. The van der Waals surface area contributed by atoms with E-state index in [0.29, 0.717) is 27.9 Å². The van der Waals surface area contributed by atoms with Crippen molar-refractivity contribution < 1.29 is 13.7 Å². The third kappa shape index (κ3) is 3.77. The Morgan fingerprint density at radius 2 is 2.15 bits per heavy atom. The van der Waals surface area contributed by atoms with Crippen molar-refractivity contribution in [3.8, 4) is 11.3 Å². The number of fused-ring (bicyclic) bond motifs is 1. The van der Waals surface area contributed by atoms with Crippen LogP contribution in [0.15, 0.2) is 57.1 Å². The van der Waals surface area contributed by atoms with Gasteiger partial charge < -0.3 is 9.84 Å². The zero-order valence-electron chi connectivity index (χ0n) is 14.1. The van der Waals surface area contributed by atoms with Crippen molar-refractivity contribution in [2.75, 3.05) is 5.75 Å². The van der Waals surface area contributed by atoms with Gasteiger partial charge >= 0.3 is 0 Å². The predicted octanol–water partition coefficient (Wildman–Crippen LogP) is 2.39. The maximum absolute atomic E-state index is 13.0. The Bertz CT molecular complexity index is 1030. The van der Waals surface area contributed by atoms with Gasteiger partial charge in [-0.3, -0.25) is 14.2 Å². The van der Waals surface area contributed by atoms with Crippen LogP contribution in [-0.2, 0) is 11.3 Å². The minimum atomic E-state index is -0.327. The lowest BCUT2D eigenvalue weighted by Gasteiger charge is -2.12. The number of nitrogens with zero attached hydrogens (tertiary/aromatic N) is 3. The molecule has 0 spiro atoms. The first kappa shape index (κ1) is 17.5. The van der Waals surface area contributed by atoms with E-state index in [1.165, 1.54) is 36.2 Å². The van der Waals surface area contributed by atoms with Crippen LogP contribution in [0.3, 0.4) is 0 Å². The van der Waals surface area contributed by atoms with Gasteiger partial charge in [0.1, 0.15) is 11.5 Å². The number of aromatic nitrogens is 3. The number of halogens is 1. The summed E-state index contributed by atoms with van der Waals surface area (Å²) in [5.41, 5.74) is 1.11. The molecular weight excluding hydrogens is 371 g/mol. The molecule has 138 valence electrons. The van der Waals surface area contributed by atoms with Gasteiger partial charge in [-0.05, 0) is 24.3 Å². The van der Waals surface area contributed by atoms with E-state index in [-0.39, 0.29) is 36.3 Å². The lowest BCUT2D eigenvalue weighted by Crippen LogP contribution is -2.30. The van der Waals surface area contributed by atoms with Crippen LogP contribution in [0.2, 0.25) is 0 Å². The van der Waals surface area contributed by atoms with E-state index >= 15 is 0 Å². The largest absolute Gasteiger partial charge is 0.356 e. The molecule has 0 fully saturated rings. The highest BCUT2D eigenvalue weighted by atomic mass is 32.2. The lowest BCUT2D eigenvalue weighted by atomic mass is 10.1. The molecule has 7 nitrogen and oxygen atoms in total. The summed E-state index contributed by atoms with van der Waals surface area (Å²) in [6, 6.07) is 8.76. The Labute approximate surface area is 157 Å². The van der Waals surface area contributed by atoms with Crippen LogP contribution in [0.5, 0.6) is 0 Å². The van der Waals surface area contributed by atoms with Gasteiger partial charge in [0.15, 0.2) is 10.9 Å². The number of rotatable bonds is 5. The van der Waals surface area contributed by atoms with Crippen molar-refractivity contribution in [3.63, 3.8) is 0 Å². The molecule has 1 aliphatic rings. The summed E-state index contributed by atoms with van der Waals surface area (Å²) >= 11 is 1.47. The van der Waals surface area contributed by atoms with Crippen molar-refractivity contribution in [1.82, 2.24) is 20.0 Å². The van der Waals surface area contributed by atoms with Crippen molar-refractivity contribution in [1.29, 1.82) is 0 Å². The summed E-state index contributed by atoms with van der Waals surface area (Å²) in [7, 11) is 0. The Kier molecular flexibility index (Phi) is 4.76. The molecule has 3 aromatic rings. The maximum Gasteiger partial charge on any atom is 0.254 e. The molecule has 4 rings (SSSR count). The van der Waals surface area contributed by atoms with E-state index in [1.807, 2.05) is 0 Å². The number of thioether (sulfide) groups is 1. The lowest BCUT2D eigenvalue weighted by molar-refractivity contribution is -0.121. The van der Waals surface area contributed by atoms with Gasteiger partial charge in [-0.15, -0.1) is 0 Å². The SMILES string of the molecule is O=C(C[C@@H]1CSc2nccc(=O)n21)NCc1cc(-c2ccc(F)cc2)on1. The molecular formula is C18H15FN4O3S. The standard InChI is InChI=1S/C18H15FN4O3S/c19-12-3-1-11(2-4-12)15-7-13(22-26-15)9-21-16(24)8-14-10-27-18-20-6-5-17(25)23(14)18/h1-7,14H,8-10H2,(H,21,24)/t14-/m1/s1. The van der Waals surface area contributed by atoms with E-state index in [2.05, 4.69) is 15.5 Å². The van der Waals surface area contributed by atoms with Crippen molar-refractivity contribution in [3.05, 3.63) is 64.5 Å². The van der Waals surface area contributed by atoms with Gasteiger partial charge in [0, 0.05) is 36.1 Å². The van der Waals surface area contributed by atoms with Gasteiger partial charge in [0.05, 0.1) is 12.6 Å². The Morgan fingerprint density at radius 1 is 1.33 bits per heavy atom. The molecule has 0 aliphatic carbocycles. The number of benzene rings is 1. The van der Waals surface area contributed by atoms with Crippen LogP contribution >= 0.6 is 11.8 Å². The average molecular weight is 386 g/mol. The molecule has 3 heterocycles. The van der Waals surface area contributed by atoms with E-state index in [4.69, 9.17) is 4.52 Å². The Hall–Kier alpha value is -2.94. The number of amides is 1. The molecule has 1 amide bonds. The monoisotopic (exact) mass is 386 g/mol. The second kappa shape index (κ2) is 7.36. The Morgan fingerprint density at radius 3 is 2.96 bits per heavy atom. The molecule has 0 saturated heterocycles. The first-order valence-electron chi connectivity index (χ1n) is 8.29. The maximum atomic E-state index is 13.0. The molecule has 1 aliphatic heterocycles. The number of hydrogen-bond acceptors (Lipinski definition) is 6. The van der Waals surface area contributed by atoms with Crippen LogP contribution in [0.4, 0.5) is 4.39 Å². The van der Waals surface area contributed by atoms with Gasteiger partial charge in [-0.25, -0.2) is 9.37 Å². The quantitative estimate of drug-likeness (QED) is 0.677. The van der Waals surface area contributed by atoms with Crippen LogP contribution in [-0.4, -0.2) is 26.4 Å². The van der Waals surface area contributed by atoms with Gasteiger partial charge in [-0.2, -0.15) is 0 Å². The topological polar surface area (TPSA) is 90.0 Å². The second-order valence-electron chi connectivity index (χ2n) is 6.07. The number of hydrogen-bond donors (Lipinski definition) is 1. The van der Waals surface area contributed by atoms with Crippen LogP contribution < -0.4 is 10.9 Å². The number of carbonyl (C=O) groups is 1. The number of carbonyl (C=O) groups excluding carboxylic acids is 1. The first-order chi connectivity index (χ1) is 13.1. The summed E-state index contributed by atoms with van der Waals surface area (Å²) in [4.78, 5) is 28.4. The first-order valence-corrected chi connectivity index (χ1v) is 9.27. The normalized spacial score (nSPS) is 15.5. The third-order valence-electron chi connectivity index (χ3n) is 4.19. The predicted molar refractivity (Wildman–Crippen MR) is 96.6 cm³/mol. The molecule has 0 unspecified atom stereocenters. The fourth-order valence-corrected chi connectivity index (χ4v) is 3.98. The molecule has 27 heavy (non-hydrogen) atoms. The molecule has 1 atom stereocenters. The van der Waals surface area contributed by atoms with Crippen molar-refractivity contribution in [2.45, 2.75) is 24.2 Å².